The first kappa shape index (κ1) is 26.3. The van der Waals surface area contributed by atoms with E-state index in [0.29, 0.717) is 37.4 Å². The highest BCUT2D eigenvalue weighted by Gasteiger charge is 2.53. The normalized spacial score (nSPS) is 24.1. The van der Waals surface area contributed by atoms with Crippen molar-refractivity contribution in [1.82, 2.24) is 4.90 Å². The molecule has 2 aromatic rings. The molecular weight excluding hydrogens is 496 g/mol. The maximum Gasteiger partial charge on any atom is 0.165 e. The average Bonchev–Trinajstić information content (AvgIpc) is 2.80. The standard InChI is InChI=1S/C26H32ClF2NO4S/c1-30(2)12-3-14-35(31,32)15-10-23-20-17-34-25-22(29)9-8-21(28)24(25)26(20,11-13-33-23)16-18-4-6-19(27)7-5-18/h4-9,20,23H,3,10-17H2,1-2H3/t20-,23-,26-/m0/s1. The van der Waals surface area contributed by atoms with Gasteiger partial charge in [0.1, 0.15) is 15.7 Å². The van der Waals surface area contributed by atoms with Crippen molar-refractivity contribution in [2.75, 3.05) is 45.4 Å². The molecule has 2 heterocycles. The Morgan fingerprint density at radius 2 is 1.80 bits per heavy atom. The van der Waals surface area contributed by atoms with E-state index in [-0.39, 0.29) is 41.8 Å². The maximum atomic E-state index is 15.3. The van der Waals surface area contributed by atoms with Crippen molar-refractivity contribution < 1.29 is 26.7 Å². The second-order valence-electron chi connectivity index (χ2n) is 9.87. The van der Waals surface area contributed by atoms with Crippen LogP contribution in [0.1, 0.15) is 30.4 Å². The van der Waals surface area contributed by atoms with Gasteiger partial charge in [-0.1, -0.05) is 23.7 Å². The molecule has 0 bridgehead atoms. The Morgan fingerprint density at radius 1 is 1.09 bits per heavy atom. The van der Waals surface area contributed by atoms with Gasteiger partial charge in [-0.15, -0.1) is 0 Å². The van der Waals surface area contributed by atoms with Crippen molar-refractivity contribution in [3.05, 3.63) is 64.2 Å². The van der Waals surface area contributed by atoms with Gasteiger partial charge >= 0.3 is 0 Å². The average molecular weight is 528 g/mol. The van der Waals surface area contributed by atoms with Crippen LogP contribution in [0.2, 0.25) is 5.02 Å². The number of fused-ring (bicyclic) bond motifs is 3. The maximum absolute atomic E-state index is 15.3. The first-order chi connectivity index (χ1) is 16.6. The minimum Gasteiger partial charge on any atom is -0.490 e. The lowest BCUT2D eigenvalue weighted by Crippen LogP contribution is -2.55. The molecule has 0 spiro atoms. The smallest absolute Gasteiger partial charge is 0.165 e. The van der Waals surface area contributed by atoms with Gasteiger partial charge in [-0.25, -0.2) is 17.2 Å². The summed E-state index contributed by atoms with van der Waals surface area (Å²) in [6.07, 6.45) is 1.32. The quantitative estimate of drug-likeness (QED) is 0.475. The highest BCUT2D eigenvalue weighted by atomic mass is 35.5. The molecule has 2 aliphatic rings. The molecule has 0 radical (unpaired) electrons. The van der Waals surface area contributed by atoms with Gasteiger partial charge in [0.25, 0.3) is 0 Å². The van der Waals surface area contributed by atoms with Crippen molar-refractivity contribution in [2.24, 2.45) is 5.92 Å². The Balaban J connectivity index is 1.64. The molecular formula is C26H32ClF2NO4S. The predicted molar refractivity (Wildman–Crippen MR) is 133 cm³/mol. The molecule has 0 saturated carbocycles. The van der Waals surface area contributed by atoms with E-state index in [4.69, 9.17) is 21.1 Å². The fourth-order valence-electron chi connectivity index (χ4n) is 5.50. The van der Waals surface area contributed by atoms with E-state index >= 15 is 4.39 Å². The van der Waals surface area contributed by atoms with E-state index in [1.165, 1.54) is 0 Å². The van der Waals surface area contributed by atoms with Gasteiger partial charge in [0, 0.05) is 28.5 Å². The van der Waals surface area contributed by atoms with Gasteiger partial charge in [-0.2, -0.15) is 0 Å². The Kier molecular flexibility index (Phi) is 8.05. The molecule has 5 nitrogen and oxygen atoms in total. The number of sulfone groups is 1. The Labute approximate surface area is 211 Å². The lowest BCUT2D eigenvalue weighted by molar-refractivity contribution is -0.0963. The van der Waals surface area contributed by atoms with Crippen molar-refractivity contribution in [1.29, 1.82) is 0 Å². The summed E-state index contributed by atoms with van der Waals surface area (Å²) in [4.78, 5) is 1.95. The molecule has 1 fully saturated rings. The second kappa shape index (κ2) is 10.7. The fraction of sp³-hybridized carbons (Fsp3) is 0.538. The van der Waals surface area contributed by atoms with Crippen LogP contribution in [0.4, 0.5) is 8.78 Å². The monoisotopic (exact) mass is 527 g/mol. The number of rotatable bonds is 9. The summed E-state index contributed by atoms with van der Waals surface area (Å²) in [5.74, 6) is -1.40. The third kappa shape index (κ3) is 5.82. The summed E-state index contributed by atoms with van der Waals surface area (Å²) in [6.45, 7) is 1.15. The zero-order valence-corrected chi connectivity index (χ0v) is 21.7. The molecule has 9 heteroatoms. The summed E-state index contributed by atoms with van der Waals surface area (Å²) in [5, 5.41) is 0.594. The molecule has 0 unspecified atom stereocenters. The zero-order valence-electron chi connectivity index (χ0n) is 20.1. The molecule has 1 saturated heterocycles. The number of hydrogen-bond acceptors (Lipinski definition) is 5. The molecule has 3 atom stereocenters. The van der Waals surface area contributed by atoms with Gasteiger partial charge in [-0.05, 0) is 76.2 Å². The van der Waals surface area contributed by atoms with Crippen LogP contribution in [0.5, 0.6) is 5.75 Å². The van der Waals surface area contributed by atoms with Crippen LogP contribution in [-0.2, 0) is 26.4 Å². The molecule has 0 aliphatic carbocycles. The summed E-state index contributed by atoms with van der Waals surface area (Å²) in [5.41, 5.74) is 0.379. The van der Waals surface area contributed by atoms with Crippen molar-refractivity contribution in [3.63, 3.8) is 0 Å². The minimum atomic E-state index is -3.27. The van der Waals surface area contributed by atoms with Crippen LogP contribution in [0.15, 0.2) is 36.4 Å². The van der Waals surface area contributed by atoms with Crippen LogP contribution in [0.3, 0.4) is 0 Å². The Hall–Kier alpha value is -1.74. The summed E-state index contributed by atoms with van der Waals surface area (Å²) in [7, 11) is 0.547. The number of benzene rings is 2. The molecule has 0 N–H and O–H groups in total. The van der Waals surface area contributed by atoms with Crippen LogP contribution >= 0.6 is 11.6 Å². The van der Waals surface area contributed by atoms with Crippen molar-refractivity contribution in [2.45, 2.75) is 37.2 Å². The lowest BCUT2D eigenvalue weighted by Gasteiger charge is -2.51. The van der Waals surface area contributed by atoms with E-state index in [9.17, 15) is 12.8 Å². The second-order valence-corrected chi connectivity index (χ2v) is 12.6. The molecule has 2 aromatic carbocycles. The topological polar surface area (TPSA) is 55.8 Å². The summed E-state index contributed by atoms with van der Waals surface area (Å²) < 4.78 is 67.3. The zero-order chi connectivity index (χ0) is 25.2. The van der Waals surface area contributed by atoms with Crippen LogP contribution in [0, 0.1) is 17.6 Å². The first-order valence-electron chi connectivity index (χ1n) is 11.9. The molecule has 35 heavy (non-hydrogen) atoms. The Bertz CT molecular complexity index is 1140. The van der Waals surface area contributed by atoms with Crippen LogP contribution in [-0.4, -0.2) is 64.8 Å². The van der Waals surface area contributed by atoms with Gasteiger partial charge in [-0.3, -0.25) is 0 Å². The van der Waals surface area contributed by atoms with Crippen LogP contribution in [0.25, 0.3) is 0 Å². The molecule has 4 rings (SSSR count). The lowest BCUT2D eigenvalue weighted by atomic mass is 9.60. The fourth-order valence-corrected chi connectivity index (χ4v) is 6.99. The van der Waals surface area contributed by atoms with E-state index in [1.54, 1.807) is 12.1 Å². The number of nitrogens with zero attached hydrogens (tertiary/aromatic N) is 1. The van der Waals surface area contributed by atoms with E-state index < -0.39 is 33.0 Å². The van der Waals surface area contributed by atoms with Gasteiger partial charge in [0.2, 0.25) is 0 Å². The van der Waals surface area contributed by atoms with Crippen LogP contribution < -0.4 is 4.74 Å². The van der Waals surface area contributed by atoms with Crippen molar-refractivity contribution >= 4 is 21.4 Å². The molecule has 192 valence electrons. The largest absolute Gasteiger partial charge is 0.490 e. The molecule has 0 amide bonds. The molecule has 2 aliphatic heterocycles. The van der Waals surface area contributed by atoms with E-state index in [1.807, 2.05) is 31.1 Å². The Morgan fingerprint density at radius 3 is 2.51 bits per heavy atom. The number of ether oxygens (including phenoxy) is 2. The number of halogens is 3. The summed E-state index contributed by atoms with van der Waals surface area (Å²) >= 11 is 6.07. The summed E-state index contributed by atoms with van der Waals surface area (Å²) in [6, 6.07) is 9.56. The first-order valence-corrected chi connectivity index (χ1v) is 14.1. The highest BCUT2D eigenvalue weighted by Crippen LogP contribution is 2.52. The highest BCUT2D eigenvalue weighted by molar-refractivity contribution is 7.91. The van der Waals surface area contributed by atoms with Gasteiger partial charge < -0.3 is 14.4 Å². The third-order valence-electron chi connectivity index (χ3n) is 7.21. The number of hydrogen-bond donors (Lipinski definition) is 0. The minimum absolute atomic E-state index is 0.0168. The van der Waals surface area contributed by atoms with Gasteiger partial charge in [0.15, 0.2) is 11.6 Å². The SMILES string of the molecule is CN(C)CCCS(=O)(=O)CC[C@@H]1OCC[C@@]2(Cc3ccc(Cl)cc3)c3c(F)ccc(F)c3OC[C@@H]12. The predicted octanol–water partition coefficient (Wildman–Crippen LogP) is 4.65. The molecule has 0 aromatic heterocycles. The van der Waals surface area contributed by atoms with E-state index in [2.05, 4.69) is 0 Å². The third-order valence-corrected chi connectivity index (χ3v) is 9.23. The van der Waals surface area contributed by atoms with E-state index in [0.717, 1.165) is 17.7 Å². The van der Waals surface area contributed by atoms with Gasteiger partial charge in [0.05, 0.1) is 24.2 Å². The van der Waals surface area contributed by atoms with Crippen molar-refractivity contribution in [3.8, 4) is 5.75 Å².